The number of nitrogens with one attached hydrogen (secondary N) is 2. The van der Waals surface area contributed by atoms with Crippen molar-refractivity contribution in [3.63, 3.8) is 0 Å². The molecular weight excluding hydrogens is 192 g/mol. The van der Waals surface area contributed by atoms with Crippen LogP contribution in [0.25, 0.3) is 0 Å². The molecule has 5 nitrogen and oxygen atoms in total. The summed E-state index contributed by atoms with van der Waals surface area (Å²) in [6.45, 7) is 5.81. The maximum absolute atomic E-state index is 11.2. The van der Waals surface area contributed by atoms with Gasteiger partial charge in [-0.3, -0.25) is 4.79 Å². The lowest BCUT2D eigenvalue weighted by Crippen LogP contribution is -2.39. The van der Waals surface area contributed by atoms with Gasteiger partial charge in [0, 0.05) is 31.5 Å². The van der Waals surface area contributed by atoms with Crippen LogP contribution in [0.15, 0.2) is 18.7 Å². The Morgan fingerprint density at radius 1 is 1.60 bits per heavy atom. The fourth-order valence-corrected chi connectivity index (χ4v) is 1.30. The van der Waals surface area contributed by atoms with Crippen molar-refractivity contribution < 1.29 is 4.79 Å². The van der Waals surface area contributed by atoms with Crippen molar-refractivity contribution in [2.45, 2.75) is 26.4 Å². The molecule has 0 radical (unpaired) electrons. The molecule has 1 aromatic heterocycles. The fourth-order valence-electron chi connectivity index (χ4n) is 1.30. The normalized spacial score (nSPS) is 12.4. The Bertz CT molecular complexity index is 284. The molecule has 1 heterocycles. The number of aromatic nitrogens is 2. The van der Waals surface area contributed by atoms with Crippen LogP contribution in [0.1, 0.15) is 13.8 Å². The SMILES string of the molecule is CCNC(=O)CNC(C)Cn1ccnc1. The second-order valence-electron chi connectivity index (χ2n) is 3.49. The van der Waals surface area contributed by atoms with Gasteiger partial charge in [0.2, 0.25) is 5.91 Å². The summed E-state index contributed by atoms with van der Waals surface area (Å²) in [5, 5.41) is 5.88. The molecular formula is C10H18N4O. The van der Waals surface area contributed by atoms with E-state index in [1.165, 1.54) is 0 Å². The molecule has 1 aromatic rings. The lowest BCUT2D eigenvalue weighted by molar-refractivity contribution is -0.120. The van der Waals surface area contributed by atoms with Crippen LogP contribution in [-0.4, -0.2) is 34.6 Å². The zero-order valence-electron chi connectivity index (χ0n) is 9.23. The van der Waals surface area contributed by atoms with E-state index < -0.39 is 0 Å². The van der Waals surface area contributed by atoms with E-state index in [0.717, 1.165) is 6.54 Å². The first-order valence-corrected chi connectivity index (χ1v) is 5.18. The van der Waals surface area contributed by atoms with Gasteiger partial charge in [-0.2, -0.15) is 0 Å². The molecule has 0 spiro atoms. The Labute approximate surface area is 89.9 Å². The molecule has 0 aromatic carbocycles. The minimum Gasteiger partial charge on any atom is -0.355 e. The standard InChI is InChI=1S/C10H18N4O/c1-3-12-10(15)6-13-9(2)7-14-5-4-11-8-14/h4-5,8-9,13H,3,6-7H2,1-2H3,(H,12,15). The first kappa shape index (κ1) is 11.7. The number of carbonyl (C=O) groups excluding carboxylic acids is 1. The quantitative estimate of drug-likeness (QED) is 0.694. The molecule has 0 bridgehead atoms. The van der Waals surface area contributed by atoms with E-state index in [-0.39, 0.29) is 11.9 Å². The maximum atomic E-state index is 11.2. The molecule has 5 heteroatoms. The summed E-state index contributed by atoms with van der Waals surface area (Å²) in [5.41, 5.74) is 0. The molecule has 1 amide bonds. The number of nitrogens with zero attached hydrogens (tertiary/aromatic N) is 2. The van der Waals surface area contributed by atoms with E-state index >= 15 is 0 Å². The van der Waals surface area contributed by atoms with Crippen molar-refractivity contribution in [3.8, 4) is 0 Å². The number of amides is 1. The second kappa shape index (κ2) is 6.19. The van der Waals surface area contributed by atoms with Crippen LogP contribution in [0, 0.1) is 0 Å². The smallest absolute Gasteiger partial charge is 0.233 e. The minimum atomic E-state index is 0.0370. The first-order valence-electron chi connectivity index (χ1n) is 5.18. The monoisotopic (exact) mass is 210 g/mol. The molecule has 1 atom stereocenters. The van der Waals surface area contributed by atoms with Crippen LogP contribution in [0.3, 0.4) is 0 Å². The van der Waals surface area contributed by atoms with Crippen LogP contribution < -0.4 is 10.6 Å². The Balaban J connectivity index is 2.19. The molecule has 0 saturated carbocycles. The third-order valence-electron chi connectivity index (χ3n) is 2.03. The molecule has 0 fully saturated rings. The summed E-state index contributed by atoms with van der Waals surface area (Å²) in [6, 6.07) is 0.252. The first-order chi connectivity index (χ1) is 7.22. The summed E-state index contributed by atoms with van der Waals surface area (Å²) >= 11 is 0. The summed E-state index contributed by atoms with van der Waals surface area (Å²) < 4.78 is 1.98. The maximum Gasteiger partial charge on any atom is 0.233 e. The van der Waals surface area contributed by atoms with Crippen LogP contribution >= 0.6 is 0 Å². The molecule has 15 heavy (non-hydrogen) atoms. The van der Waals surface area contributed by atoms with Crippen molar-refractivity contribution in [1.29, 1.82) is 0 Å². The van der Waals surface area contributed by atoms with E-state index in [1.54, 1.807) is 12.5 Å². The third kappa shape index (κ3) is 4.60. The van der Waals surface area contributed by atoms with Crippen molar-refractivity contribution >= 4 is 5.91 Å². The van der Waals surface area contributed by atoms with Crippen LogP contribution in [0.2, 0.25) is 0 Å². The highest BCUT2D eigenvalue weighted by atomic mass is 16.1. The van der Waals surface area contributed by atoms with Crippen molar-refractivity contribution in [3.05, 3.63) is 18.7 Å². The zero-order valence-corrected chi connectivity index (χ0v) is 9.23. The summed E-state index contributed by atoms with van der Waals surface area (Å²) in [6.07, 6.45) is 5.42. The highest BCUT2D eigenvalue weighted by Gasteiger charge is 2.04. The van der Waals surface area contributed by atoms with Gasteiger partial charge in [-0.05, 0) is 13.8 Å². The van der Waals surface area contributed by atoms with Gasteiger partial charge in [-0.15, -0.1) is 0 Å². The van der Waals surface area contributed by atoms with Crippen molar-refractivity contribution in [1.82, 2.24) is 20.2 Å². The molecule has 0 aliphatic carbocycles. The highest BCUT2D eigenvalue weighted by molar-refractivity contribution is 5.77. The van der Waals surface area contributed by atoms with Gasteiger partial charge in [0.05, 0.1) is 12.9 Å². The lowest BCUT2D eigenvalue weighted by atomic mass is 10.3. The Morgan fingerprint density at radius 3 is 3.00 bits per heavy atom. The number of likely N-dealkylation sites (N-methyl/N-ethyl adjacent to an activating group) is 1. The number of imidazole rings is 1. The van der Waals surface area contributed by atoms with Gasteiger partial charge in [-0.1, -0.05) is 0 Å². The highest BCUT2D eigenvalue weighted by Crippen LogP contribution is 1.90. The van der Waals surface area contributed by atoms with Crippen LogP contribution in [0.5, 0.6) is 0 Å². The third-order valence-corrected chi connectivity index (χ3v) is 2.03. The number of carbonyl (C=O) groups is 1. The number of hydrogen-bond donors (Lipinski definition) is 2. The number of rotatable bonds is 6. The summed E-state index contributed by atoms with van der Waals surface area (Å²) in [4.78, 5) is 15.1. The van der Waals surface area contributed by atoms with Crippen molar-refractivity contribution in [2.75, 3.05) is 13.1 Å². The van der Waals surface area contributed by atoms with Crippen LogP contribution in [0.4, 0.5) is 0 Å². The van der Waals surface area contributed by atoms with E-state index in [1.807, 2.05) is 24.6 Å². The molecule has 84 valence electrons. The zero-order chi connectivity index (χ0) is 11.1. The molecule has 2 N–H and O–H groups in total. The van der Waals surface area contributed by atoms with Gasteiger partial charge < -0.3 is 15.2 Å². The van der Waals surface area contributed by atoms with E-state index in [9.17, 15) is 4.79 Å². The topological polar surface area (TPSA) is 59.0 Å². The summed E-state index contributed by atoms with van der Waals surface area (Å²) in [7, 11) is 0. The van der Waals surface area contributed by atoms with E-state index in [0.29, 0.717) is 13.1 Å². The molecule has 0 aliphatic heterocycles. The van der Waals surface area contributed by atoms with Crippen LogP contribution in [-0.2, 0) is 11.3 Å². The molecule has 1 unspecified atom stereocenters. The van der Waals surface area contributed by atoms with E-state index in [2.05, 4.69) is 15.6 Å². The van der Waals surface area contributed by atoms with E-state index in [4.69, 9.17) is 0 Å². The fraction of sp³-hybridized carbons (Fsp3) is 0.600. The molecule has 0 aliphatic rings. The molecule has 0 saturated heterocycles. The van der Waals surface area contributed by atoms with Gasteiger partial charge in [0.15, 0.2) is 0 Å². The number of hydrogen-bond acceptors (Lipinski definition) is 3. The molecule has 1 rings (SSSR count). The lowest BCUT2D eigenvalue weighted by Gasteiger charge is -2.13. The van der Waals surface area contributed by atoms with Gasteiger partial charge in [-0.25, -0.2) is 4.98 Å². The largest absolute Gasteiger partial charge is 0.355 e. The Kier molecular flexibility index (Phi) is 4.83. The summed E-state index contributed by atoms with van der Waals surface area (Å²) in [5.74, 6) is 0.0370. The Hall–Kier alpha value is -1.36. The predicted molar refractivity (Wildman–Crippen MR) is 58.4 cm³/mol. The average molecular weight is 210 g/mol. The van der Waals surface area contributed by atoms with Gasteiger partial charge in [0.1, 0.15) is 0 Å². The second-order valence-corrected chi connectivity index (χ2v) is 3.49. The van der Waals surface area contributed by atoms with Crippen molar-refractivity contribution in [2.24, 2.45) is 0 Å². The average Bonchev–Trinajstić information content (AvgIpc) is 2.68. The predicted octanol–water partition coefficient (Wildman–Crippen LogP) is -0.00270. The van der Waals surface area contributed by atoms with Gasteiger partial charge >= 0.3 is 0 Å². The minimum absolute atomic E-state index is 0.0370. The van der Waals surface area contributed by atoms with Gasteiger partial charge in [0.25, 0.3) is 0 Å². The Morgan fingerprint density at radius 2 is 2.40 bits per heavy atom.